The predicted molar refractivity (Wildman–Crippen MR) is 98.5 cm³/mol. The molecule has 3 rings (SSSR count). The zero-order chi connectivity index (χ0) is 15.7. The van der Waals surface area contributed by atoms with Gasteiger partial charge in [0.05, 0.1) is 17.8 Å². The van der Waals surface area contributed by atoms with Crippen LogP contribution in [0.3, 0.4) is 0 Å². The van der Waals surface area contributed by atoms with Crippen molar-refractivity contribution in [2.24, 2.45) is 0 Å². The van der Waals surface area contributed by atoms with Crippen molar-refractivity contribution in [3.8, 4) is 11.3 Å². The second-order valence-electron chi connectivity index (χ2n) is 5.78. The van der Waals surface area contributed by atoms with E-state index in [9.17, 15) is 0 Å². The van der Waals surface area contributed by atoms with Gasteiger partial charge < -0.3 is 9.30 Å². The quantitative estimate of drug-likeness (QED) is 0.693. The van der Waals surface area contributed by atoms with E-state index in [0.717, 1.165) is 17.8 Å². The van der Waals surface area contributed by atoms with Gasteiger partial charge in [0.1, 0.15) is 0 Å². The third-order valence-corrected chi connectivity index (χ3v) is 4.39. The fourth-order valence-electron chi connectivity index (χ4n) is 2.98. The van der Waals surface area contributed by atoms with Crippen molar-refractivity contribution in [1.82, 2.24) is 9.55 Å². The van der Waals surface area contributed by atoms with E-state index in [2.05, 4.69) is 60.7 Å². The van der Waals surface area contributed by atoms with Gasteiger partial charge in [-0.2, -0.15) is 0 Å². The number of ether oxygens (including phenoxy) is 1. The molecule has 23 heavy (non-hydrogen) atoms. The fraction of sp³-hybridized carbons (Fsp3) is 0.316. The highest BCUT2D eigenvalue weighted by atomic mass is 35.5. The SMILES string of the molecule is COCCn1c(C)c(C)c2ccnc(-c3ccc(C)cc3)c21.Cl. The number of pyridine rings is 1. The smallest absolute Gasteiger partial charge is 0.0944 e. The molecule has 0 radical (unpaired) electrons. The molecule has 0 aliphatic heterocycles. The summed E-state index contributed by atoms with van der Waals surface area (Å²) in [6, 6.07) is 10.7. The van der Waals surface area contributed by atoms with Gasteiger partial charge in [0.2, 0.25) is 0 Å². The van der Waals surface area contributed by atoms with Crippen molar-refractivity contribution in [3.05, 3.63) is 53.3 Å². The van der Waals surface area contributed by atoms with Crippen molar-refractivity contribution in [2.75, 3.05) is 13.7 Å². The van der Waals surface area contributed by atoms with Crippen LogP contribution in [0.1, 0.15) is 16.8 Å². The van der Waals surface area contributed by atoms with E-state index in [0.29, 0.717) is 6.61 Å². The van der Waals surface area contributed by atoms with Crippen LogP contribution >= 0.6 is 12.4 Å². The van der Waals surface area contributed by atoms with Crippen LogP contribution in [0, 0.1) is 20.8 Å². The van der Waals surface area contributed by atoms with E-state index in [-0.39, 0.29) is 12.4 Å². The maximum Gasteiger partial charge on any atom is 0.0944 e. The van der Waals surface area contributed by atoms with Gasteiger partial charge in [-0.05, 0) is 32.4 Å². The van der Waals surface area contributed by atoms with Crippen LogP contribution in [0.2, 0.25) is 0 Å². The number of rotatable bonds is 4. The van der Waals surface area contributed by atoms with Crippen LogP contribution in [-0.2, 0) is 11.3 Å². The molecule has 1 aromatic carbocycles. The maximum absolute atomic E-state index is 5.28. The first-order chi connectivity index (χ1) is 10.6. The van der Waals surface area contributed by atoms with Crippen LogP contribution in [0.15, 0.2) is 36.5 Å². The molecule has 0 unspecified atom stereocenters. The van der Waals surface area contributed by atoms with E-state index < -0.39 is 0 Å². The highest BCUT2D eigenvalue weighted by molar-refractivity contribution is 5.95. The molecule has 0 atom stereocenters. The number of aryl methyl sites for hydroxylation is 2. The van der Waals surface area contributed by atoms with Crippen molar-refractivity contribution < 1.29 is 4.74 Å². The number of methoxy groups -OCH3 is 1. The molecule has 0 N–H and O–H groups in total. The predicted octanol–water partition coefficient (Wildman–Crippen LogP) is 4.70. The van der Waals surface area contributed by atoms with E-state index in [1.165, 1.54) is 27.7 Å². The van der Waals surface area contributed by atoms with Crippen molar-refractivity contribution in [1.29, 1.82) is 0 Å². The Bertz CT molecular complexity index is 806. The van der Waals surface area contributed by atoms with E-state index >= 15 is 0 Å². The number of benzene rings is 1. The Balaban J connectivity index is 0.00000192. The summed E-state index contributed by atoms with van der Waals surface area (Å²) in [6.45, 7) is 8.00. The molecule has 0 fully saturated rings. The van der Waals surface area contributed by atoms with Crippen molar-refractivity contribution >= 4 is 23.3 Å². The van der Waals surface area contributed by atoms with Gasteiger partial charge in [-0.25, -0.2) is 0 Å². The molecule has 0 amide bonds. The zero-order valence-electron chi connectivity index (χ0n) is 14.1. The summed E-state index contributed by atoms with van der Waals surface area (Å²) < 4.78 is 7.61. The molecular formula is C19H23ClN2O. The standard InChI is InChI=1S/C19H22N2O.ClH/c1-13-5-7-16(8-6-13)18-19-17(9-10-20-18)14(2)15(3)21(19)11-12-22-4;/h5-10H,11-12H2,1-4H3;1H. The van der Waals surface area contributed by atoms with Crippen LogP contribution in [-0.4, -0.2) is 23.3 Å². The number of nitrogens with zero attached hydrogens (tertiary/aromatic N) is 2. The molecule has 0 spiro atoms. The normalized spacial score (nSPS) is 10.8. The largest absolute Gasteiger partial charge is 0.383 e. The molecular weight excluding hydrogens is 308 g/mol. The lowest BCUT2D eigenvalue weighted by atomic mass is 10.1. The van der Waals surface area contributed by atoms with Gasteiger partial charge >= 0.3 is 0 Å². The Hall–Kier alpha value is -1.84. The van der Waals surface area contributed by atoms with Gasteiger partial charge in [-0.1, -0.05) is 29.8 Å². The molecule has 0 bridgehead atoms. The summed E-state index contributed by atoms with van der Waals surface area (Å²) in [5.74, 6) is 0. The molecule has 0 saturated heterocycles. The molecule has 0 aliphatic rings. The van der Waals surface area contributed by atoms with Gasteiger partial charge in [0, 0.05) is 36.5 Å². The Morgan fingerprint density at radius 3 is 2.39 bits per heavy atom. The Morgan fingerprint density at radius 2 is 1.74 bits per heavy atom. The van der Waals surface area contributed by atoms with Gasteiger partial charge in [0.25, 0.3) is 0 Å². The average Bonchev–Trinajstić information content (AvgIpc) is 2.78. The summed E-state index contributed by atoms with van der Waals surface area (Å²) in [5, 5.41) is 1.28. The third kappa shape index (κ3) is 3.12. The molecule has 2 heterocycles. The lowest BCUT2D eigenvalue weighted by Crippen LogP contribution is -2.06. The molecule has 3 aromatic rings. The van der Waals surface area contributed by atoms with Crippen LogP contribution in [0.25, 0.3) is 22.2 Å². The van der Waals surface area contributed by atoms with Crippen LogP contribution in [0.5, 0.6) is 0 Å². The van der Waals surface area contributed by atoms with Gasteiger partial charge in [-0.3, -0.25) is 4.98 Å². The highest BCUT2D eigenvalue weighted by Crippen LogP contribution is 2.32. The third-order valence-electron chi connectivity index (χ3n) is 4.39. The van der Waals surface area contributed by atoms with Gasteiger partial charge in [0.15, 0.2) is 0 Å². The van der Waals surface area contributed by atoms with E-state index in [1.54, 1.807) is 7.11 Å². The average molecular weight is 331 g/mol. The topological polar surface area (TPSA) is 27.1 Å². The second kappa shape index (κ2) is 7.16. The minimum Gasteiger partial charge on any atom is -0.383 e. The molecule has 2 aromatic heterocycles. The monoisotopic (exact) mass is 330 g/mol. The Kier molecular flexibility index (Phi) is 5.45. The van der Waals surface area contributed by atoms with Crippen molar-refractivity contribution in [3.63, 3.8) is 0 Å². The molecule has 0 aliphatic carbocycles. The van der Waals surface area contributed by atoms with Crippen LogP contribution in [0.4, 0.5) is 0 Å². The summed E-state index contributed by atoms with van der Waals surface area (Å²) in [5.41, 5.74) is 7.28. The first-order valence-electron chi connectivity index (χ1n) is 7.64. The first-order valence-corrected chi connectivity index (χ1v) is 7.64. The first kappa shape index (κ1) is 17.5. The molecule has 3 nitrogen and oxygen atoms in total. The number of halogens is 1. The summed E-state index contributed by atoms with van der Waals surface area (Å²) in [7, 11) is 1.74. The number of fused-ring (bicyclic) bond motifs is 1. The lowest BCUT2D eigenvalue weighted by molar-refractivity contribution is 0.188. The van der Waals surface area contributed by atoms with E-state index in [4.69, 9.17) is 4.74 Å². The minimum atomic E-state index is 0. The Morgan fingerprint density at radius 1 is 1.04 bits per heavy atom. The summed E-state index contributed by atoms with van der Waals surface area (Å²) in [6.07, 6.45) is 1.91. The van der Waals surface area contributed by atoms with Crippen LogP contribution < -0.4 is 0 Å². The lowest BCUT2D eigenvalue weighted by Gasteiger charge is -2.11. The zero-order valence-corrected chi connectivity index (χ0v) is 14.9. The maximum atomic E-state index is 5.28. The fourth-order valence-corrected chi connectivity index (χ4v) is 2.98. The van der Waals surface area contributed by atoms with Gasteiger partial charge in [-0.15, -0.1) is 12.4 Å². The number of aromatic nitrogens is 2. The van der Waals surface area contributed by atoms with E-state index in [1.807, 2.05) is 6.20 Å². The minimum absolute atomic E-state index is 0. The molecule has 0 saturated carbocycles. The Labute approximate surface area is 143 Å². The molecule has 122 valence electrons. The summed E-state index contributed by atoms with van der Waals surface area (Å²) in [4.78, 5) is 4.67. The number of hydrogen-bond donors (Lipinski definition) is 0. The second-order valence-corrected chi connectivity index (χ2v) is 5.78. The number of hydrogen-bond acceptors (Lipinski definition) is 2. The highest BCUT2D eigenvalue weighted by Gasteiger charge is 2.15. The molecule has 4 heteroatoms. The van der Waals surface area contributed by atoms with Crippen molar-refractivity contribution in [2.45, 2.75) is 27.3 Å². The summed E-state index contributed by atoms with van der Waals surface area (Å²) >= 11 is 0.